The average Bonchev–Trinajstić information content (AvgIpc) is 3.01. The Morgan fingerprint density at radius 3 is 2.67 bits per heavy atom. The summed E-state index contributed by atoms with van der Waals surface area (Å²) in [6, 6.07) is 8.53. The lowest BCUT2D eigenvalue weighted by molar-refractivity contribution is 0.100. The lowest BCUT2D eigenvalue weighted by atomic mass is 10.0. The number of amides is 1. The monoisotopic (exact) mass is 327 g/mol. The molecular formula is C17H10FNO5. The lowest BCUT2D eigenvalue weighted by Gasteiger charge is -2.06. The Kier molecular flexibility index (Phi) is 3.02. The maximum Gasteiger partial charge on any atom is 0.344 e. The van der Waals surface area contributed by atoms with Gasteiger partial charge in [-0.15, -0.1) is 0 Å². The van der Waals surface area contributed by atoms with Gasteiger partial charge >= 0.3 is 5.63 Å². The Labute approximate surface area is 134 Å². The summed E-state index contributed by atoms with van der Waals surface area (Å²) < 4.78 is 29.4. The molecule has 2 aromatic carbocycles. The summed E-state index contributed by atoms with van der Waals surface area (Å²) in [5.41, 5.74) is 5.05. The van der Waals surface area contributed by atoms with E-state index in [2.05, 4.69) is 0 Å². The van der Waals surface area contributed by atoms with Crippen LogP contribution in [-0.2, 0) is 0 Å². The molecule has 0 unspecified atom stereocenters. The molecule has 1 amide bonds. The number of hydrogen-bond acceptors (Lipinski definition) is 5. The average molecular weight is 327 g/mol. The standard InChI is InChI=1S/C17H10FNO5/c18-10-3-9-4-11(8-1-2-13-14(5-8)23-7-22-13)17(21)24-15(9)12(6-10)16(19)20/h1-6H,7H2,(H2,19,20). The molecule has 0 atom stereocenters. The molecule has 0 aliphatic carbocycles. The van der Waals surface area contributed by atoms with Crippen LogP contribution in [0.3, 0.4) is 0 Å². The SMILES string of the molecule is NC(=O)c1cc(F)cc2cc(-c3ccc4c(c3)OCO4)c(=O)oc12. The number of fused-ring (bicyclic) bond motifs is 2. The highest BCUT2D eigenvalue weighted by Gasteiger charge is 2.18. The van der Waals surface area contributed by atoms with Gasteiger partial charge in [0.05, 0.1) is 11.1 Å². The first-order valence-corrected chi connectivity index (χ1v) is 7.00. The maximum absolute atomic E-state index is 13.7. The van der Waals surface area contributed by atoms with Crippen molar-refractivity contribution >= 4 is 16.9 Å². The van der Waals surface area contributed by atoms with Crippen LogP contribution in [0.1, 0.15) is 10.4 Å². The fourth-order valence-corrected chi connectivity index (χ4v) is 2.65. The van der Waals surface area contributed by atoms with Crippen LogP contribution in [0.5, 0.6) is 11.5 Å². The van der Waals surface area contributed by atoms with Gasteiger partial charge in [0.1, 0.15) is 5.82 Å². The van der Waals surface area contributed by atoms with E-state index >= 15 is 0 Å². The Bertz CT molecular complexity index is 1060. The van der Waals surface area contributed by atoms with Crippen molar-refractivity contribution in [2.45, 2.75) is 0 Å². The predicted molar refractivity (Wildman–Crippen MR) is 82.5 cm³/mol. The summed E-state index contributed by atoms with van der Waals surface area (Å²) >= 11 is 0. The van der Waals surface area contributed by atoms with Crippen LogP contribution in [-0.4, -0.2) is 12.7 Å². The van der Waals surface area contributed by atoms with E-state index in [4.69, 9.17) is 19.6 Å². The molecule has 0 fully saturated rings. The predicted octanol–water partition coefficient (Wildman–Crippen LogP) is 2.43. The molecule has 4 rings (SSSR count). The van der Waals surface area contributed by atoms with Crippen LogP contribution in [0.25, 0.3) is 22.1 Å². The van der Waals surface area contributed by atoms with Gasteiger partial charge in [0.25, 0.3) is 5.91 Å². The zero-order valence-corrected chi connectivity index (χ0v) is 12.2. The van der Waals surface area contributed by atoms with Crippen molar-refractivity contribution in [3.8, 4) is 22.6 Å². The third-order valence-electron chi connectivity index (χ3n) is 3.75. The number of ether oxygens (including phenoxy) is 2. The molecule has 24 heavy (non-hydrogen) atoms. The van der Waals surface area contributed by atoms with Crippen LogP contribution in [0, 0.1) is 5.82 Å². The van der Waals surface area contributed by atoms with Gasteiger partial charge in [0.15, 0.2) is 17.1 Å². The zero-order chi connectivity index (χ0) is 16.8. The highest BCUT2D eigenvalue weighted by molar-refractivity contribution is 6.04. The third-order valence-corrected chi connectivity index (χ3v) is 3.75. The second-order valence-electron chi connectivity index (χ2n) is 5.25. The lowest BCUT2D eigenvalue weighted by Crippen LogP contribution is -2.13. The van der Waals surface area contributed by atoms with Crippen LogP contribution in [0.15, 0.2) is 45.6 Å². The first kappa shape index (κ1) is 14.3. The highest BCUT2D eigenvalue weighted by atomic mass is 19.1. The fourth-order valence-electron chi connectivity index (χ4n) is 2.65. The minimum absolute atomic E-state index is 0.0432. The molecule has 0 saturated heterocycles. The quantitative estimate of drug-likeness (QED) is 0.730. The van der Waals surface area contributed by atoms with Gasteiger partial charge in [-0.05, 0) is 35.9 Å². The molecule has 0 saturated carbocycles. The Balaban J connectivity index is 1.96. The van der Waals surface area contributed by atoms with E-state index < -0.39 is 17.3 Å². The second-order valence-corrected chi connectivity index (χ2v) is 5.25. The molecule has 3 aromatic rings. The van der Waals surface area contributed by atoms with Crippen LogP contribution in [0.4, 0.5) is 4.39 Å². The number of halogens is 1. The van der Waals surface area contributed by atoms with Crippen molar-refractivity contribution in [2.24, 2.45) is 5.73 Å². The van der Waals surface area contributed by atoms with E-state index in [9.17, 15) is 14.0 Å². The number of carbonyl (C=O) groups excluding carboxylic acids is 1. The molecule has 0 spiro atoms. The third kappa shape index (κ3) is 2.18. The van der Waals surface area contributed by atoms with Crippen LogP contribution >= 0.6 is 0 Å². The van der Waals surface area contributed by atoms with Gasteiger partial charge in [0, 0.05) is 5.39 Å². The first-order chi connectivity index (χ1) is 11.5. The fraction of sp³-hybridized carbons (Fsp3) is 0.0588. The summed E-state index contributed by atoms with van der Waals surface area (Å²) in [7, 11) is 0. The molecule has 1 aliphatic rings. The summed E-state index contributed by atoms with van der Waals surface area (Å²) in [6.45, 7) is 0.109. The van der Waals surface area contributed by atoms with Crippen LogP contribution in [0.2, 0.25) is 0 Å². The molecule has 1 aromatic heterocycles. The Morgan fingerprint density at radius 1 is 1.08 bits per heavy atom. The van der Waals surface area contributed by atoms with Crippen molar-refractivity contribution in [3.63, 3.8) is 0 Å². The minimum Gasteiger partial charge on any atom is -0.454 e. The van der Waals surface area contributed by atoms with Gasteiger partial charge in [-0.1, -0.05) is 6.07 Å². The second kappa shape index (κ2) is 5.09. The minimum atomic E-state index is -0.876. The Morgan fingerprint density at radius 2 is 1.88 bits per heavy atom. The molecular weight excluding hydrogens is 317 g/mol. The molecule has 0 bridgehead atoms. The van der Waals surface area contributed by atoms with Gasteiger partial charge < -0.3 is 19.6 Å². The van der Waals surface area contributed by atoms with E-state index in [1.54, 1.807) is 18.2 Å². The molecule has 2 heterocycles. The van der Waals surface area contributed by atoms with Crippen molar-refractivity contribution < 1.29 is 23.1 Å². The number of rotatable bonds is 2. The van der Waals surface area contributed by atoms with Crippen molar-refractivity contribution in [1.29, 1.82) is 0 Å². The summed E-state index contributed by atoms with van der Waals surface area (Å²) in [5.74, 6) is -0.449. The van der Waals surface area contributed by atoms with Crippen molar-refractivity contribution in [2.75, 3.05) is 6.79 Å². The molecule has 120 valence electrons. The smallest absolute Gasteiger partial charge is 0.344 e. The Hall–Kier alpha value is -3.35. The van der Waals surface area contributed by atoms with E-state index in [1.165, 1.54) is 12.1 Å². The number of carbonyl (C=O) groups is 1. The van der Waals surface area contributed by atoms with Gasteiger partial charge in [-0.2, -0.15) is 0 Å². The molecule has 0 radical (unpaired) electrons. The topological polar surface area (TPSA) is 91.8 Å². The van der Waals surface area contributed by atoms with Crippen molar-refractivity contribution in [1.82, 2.24) is 0 Å². The van der Waals surface area contributed by atoms with Gasteiger partial charge in [-0.25, -0.2) is 9.18 Å². The molecule has 2 N–H and O–H groups in total. The normalized spacial score (nSPS) is 12.5. The summed E-state index contributed by atoms with van der Waals surface area (Å²) in [5, 5.41) is 0.260. The number of benzene rings is 2. The van der Waals surface area contributed by atoms with E-state index in [0.717, 1.165) is 6.07 Å². The van der Waals surface area contributed by atoms with Crippen LogP contribution < -0.4 is 20.8 Å². The molecule has 7 heteroatoms. The largest absolute Gasteiger partial charge is 0.454 e. The van der Waals surface area contributed by atoms with Gasteiger partial charge in [0.2, 0.25) is 6.79 Å². The number of primary amides is 1. The summed E-state index contributed by atoms with van der Waals surface area (Å²) in [6.07, 6.45) is 0. The first-order valence-electron chi connectivity index (χ1n) is 7.00. The van der Waals surface area contributed by atoms with Crippen molar-refractivity contribution in [3.05, 3.63) is 58.2 Å². The van der Waals surface area contributed by atoms with E-state index in [0.29, 0.717) is 17.1 Å². The van der Waals surface area contributed by atoms with Gasteiger partial charge in [-0.3, -0.25) is 4.79 Å². The molecule has 1 aliphatic heterocycles. The number of nitrogens with two attached hydrogens (primary N) is 1. The highest BCUT2D eigenvalue weighted by Crippen LogP contribution is 2.35. The summed E-state index contributed by atoms with van der Waals surface area (Å²) in [4.78, 5) is 23.7. The van der Waals surface area contributed by atoms with E-state index in [-0.39, 0.29) is 28.9 Å². The van der Waals surface area contributed by atoms with E-state index in [1.807, 2.05) is 0 Å². The number of hydrogen-bond donors (Lipinski definition) is 1. The zero-order valence-electron chi connectivity index (χ0n) is 12.2. The maximum atomic E-state index is 13.7. The molecule has 6 nitrogen and oxygen atoms in total.